The molecule has 17 heavy (non-hydrogen) atoms. The summed E-state index contributed by atoms with van der Waals surface area (Å²) >= 11 is 0. The summed E-state index contributed by atoms with van der Waals surface area (Å²) in [5, 5.41) is 12.0. The Kier molecular flexibility index (Phi) is 4.89. The van der Waals surface area contributed by atoms with Crippen LogP contribution in [-0.2, 0) is 4.79 Å². The maximum atomic E-state index is 10.9. The Bertz CT molecular complexity index is 441. The summed E-state index contributed by atoms with van der Waals surface area (Å²) in [6, 6.07) is 9.69. The lowest BCUT2D eigenvalue weighted by molar-refractivity contribution is -0.120. The van der Waals surface area contributed by atoms with Crippen molar-refractivity contribution in [3.05, 3.63) is 35.4 Å². The third kappa shape index (κ3) is 4.47. The standard InChI is InChI=1S/C13H15N3O/c1-10(2)12-5-3-11(4-6-12)9-15-16-13(17)7-8-14/h3-6,9-10H,7H2,1-2H3,(H,16,17)/b15-9-. The van der Waals surface area contributed by atoms with Crippen molar-refractivity contribution in [1.82, 2.24) is 5.43 Å². The Balaban J connectivity index is 2.55. The molecule has 0 unspecified atom stereocenters. The zero-order valence-corrected chi connectivity index (χ0v) is 9.97. The van der Waals surface area contributed by atoms with Gasteiger partial charge in [0.15, 0.2) is 0 Å². The lowest BCUT2D eigenvalue weighted by Crippen LogP contribution is -2.16. The van der Waals surface area contributed by atoms with Gasteiger partial charge in [0.2, 0.25) is 0 Å². The first-order chi connectivity index (χ1) is 8.13. The van der Waals surface area contributed by atoms with Crippen LogP contribution in [-0.4, -0.2) is 12.1 Å². The molecular formula is C13H15N3O. The number of amides is 1. The Morgan fingerprint density at radius 1 is 1.47 bits per heavy atom. The molecule has 0 bridgehead atoms. The molecule has 0 spiro atoms. The van der Waals surface area contributed by atoms with Crippen molar-refractivity contribution in [1.29, 1.82) is 5.26 Å². The monoisotopic (exact) mass is 229 g/mol. The molecule has 4 nitrogen and oxygen atoms in total. The van der Waals surface area contributed by atoms with Gasteiger partial charge in [-0.3, -0.25) is 4.79 Å². The fourth-order valence-corrected chi connectivity index (χ4v) is 1.26. The van der Waals surface area contributed by atoms with Crippen LogP contribution in [0, 0.1) is 11.3 Å². The first kappa shape index (κ1) is 12.9. The second kappa shape index (κ2) is 6.44. The number of benzene rings is 1. The molecule has 0 saturated heterocycles. The van der Waals surface area contributed by atoms with Crippen LogP contribution in [0.1, 0.15) is 37.3 Å². The van der Waals surface area contributed by atoms with Crippen LogP contribution in [0.3, 0.4) is 0 Å². The normalized spacial score (nSPS) is 10.5. The average molecular weight is 229 g/mol. The number of hydrazone groups is 1. The summed E-state index contributed by atoms with van der Waals surface area (Å²) in [5.74, 6) is 0.0962. The Hall–Kier alpha value is -2.15. The molecule has 0 aliphatic carbocycles. The second-order valence-electron chi connectivity index (χ2n) is 3.95. The minimum atomic E-state index is -0.400. The van der Waals surface area contributed by atoms with Crippen LogP contribution in [0.5, 0.6) is 0 Å². The van der Waals surface area contributed by atoms with Crippen LogP contribution in [0.15, 0.2) is 29.4 Å². The lowest BCUT2D eigenvalue weighted by atomic mass is 10.0. The van der Waals surface area contributed by atoms with E-state index in [1.54, 1.807) is 12.3 Å². The number of rotatable bonds is 4. The number of nitriles is 1. The van der Waals surface area contributed by atoms with Crippen LogP contribution < -0.4 is 5.43 Å². The van der Waals surface area contributed by atoms with E-state index in [9.17, 15) is 4.79 Å². The summed E-state index contributed by atoms with van der Waals surface area (Å²) in [7, 11) is 0. The lowest BCUT2D eigenvalue weighted by Gasteiger charge is -2.04. The molecule has 88 valence electrons. The SMILES string of the molecule is CC(C)c1ccc(/C=N\NC(=O)CC#N)cc1. The van der Waals surface area contributed by atoms with Gasteiger partial charge in [0.1, 0.15) is 6.42 Å². The summed E-state index contributed by atoms with van der Waals surface area (Å²) in [4.78, 5) is 10.9. The molecule has 1 rings (SSSR count). The average Bonchev–Trinajstić information content (AvgIpc) is 2.30. The van der Waals surface area contributed by atoms with E-state index in [1.807, 2.05) is 24.3 Å². The van der Waals surface area contributed by atoms with Gasteiger partial charge in [-0.15, -0.1) is 0 Å². The summed E-state index contributed by atoms with van der Waals surface area (Å²) in [5.41, 5.74) is 4.45. The van der Waals surface area contributed by atoms with Gasteiger partial charge < -0.3 is 0 Å². The third-order valence-corrected chi connectivity index (χ3v) is 2.25. The number of hydrogen-bond acceptors (Lipinski definition) is 3. The number of nitrogens with one attached hydrogen (secondary N) is 1. The first-order valence-corrected chi connectivity index (χ1v) is 5.42. The quantitative estimate of drug-likeness (QED) is 0.635. The van der Waals surface area contributed by atoms with Crippen molar-refractivity contribution in [2.75, 3.05) is 0 Å². The van der Waals surface area contributed by atoms with E-state index >= 15 is 0 Å². The van der Waals surface area contributed by atoms with Crippen LogP contribution in [0.2, 0.25) is 0 Å². The number of carbonyl (C=O) groups is 1. The highest BCUT2D eigenvalue weighted by molar-refractivity contribution is 5.83. The summed E-state index contributed by atoms with van der Waals surface area (Å²) < 4.78 is 0. The Labute approximate surface area is 101 Å². The topological polar surface area (TPSA) is 65.2 Å². The molecule has 0 aromatic heterocycles. The molecule has 1 aromatic rings. The fraction of sp³-hybridized carbons (Fsp3) is 0.308. The van der Waals surface area contributed by atoms with Gasteiger partial charge in [-0.1, -0.05) is 38.1 Å². The molecule has 0 atom stereocenters. The molecular weight excluding hydrogens is 214 g/mol. The Morgan fingerprint density at radius 3 is 2.65 bits per heavy atom. The molecule has 1 amide bonds. The molecule has 4 heteroatoms. The van der Waals surface area contributed by atoms with E-state index in [2.05, 4.69) is 24.4 Å². The van der Waals surface area contributed by atoms with Crippen LogP contribution >= 0.6 is 0 Å². The van der Waals surface area contributed by atoms with Crippen LogP contribution in [0.25, 0.3) is 0 Å². The van der Waals surface area contributed by atoms with Gasteiger partial charge in [-0.05, 0) is 17.0 Å². The highest BCUT2D eigenvalue weighted by atomic mass is 16.2. The van der Waals surface area contributed by atoms with Gasteiger partial charge in [0.25, 0.3) is 5.91 Å². The molecule has 1 aromatic carbocycles. The molecule has 0 aliphatic heterocycles. The second-order valence-corrected chi connectivity index (χ2v) is 3.95. The highest BCUT2D eigenvalue weighted by Gasteiger charge is 1.98. The number of hydrogen-bond donors (Lipinski definition) is 1. The highest BCUT2D eigenvalue weighted by Crippen LogP contribution is 2.13. The van der Waals surface area contributed by atoms with E-state index in [0.717, 1.165) is 5.56 Å². The van der Waals surface area contributed by atoms with Gasteiger partial charge in [0, 0.05) is 0 Å². The molecule has 0 saturated carbocycles. The smallest absolute Gasteiger partial charge is 0.254 e. The van der Waals surface area contributed by atoms with E-state index in [4.69, 9.17) is 5.26 Å². The van der Waals surface area contributed by atoms with Gasteiger partial charge in [0.05, 0.1) is 12.3 Å². The van der Waals surface area contributed by atoms with Gasteiger partial charge in [-0.25, -0.2) is 5.43 Å². The summed E-state index contributed by atoms with van der Waals surface area (Å²) in [6.45, 7) is 4.26. The van der Waals surface area contributed by atoms with E-state index in [1.165, 1.54) is 5.56 Å². The maximum Gasteiger partial charge on any atom is 0.254 e. The number of nitrogens with zero attached hydrogens (tertiary/aromatic N) is 2. The van der Waals surface area contributed by atoms with Crippen molar-refractivity contribution in [3.63, 3.8) is 0 Å². The zero-order valence-electron chi connectivity index (χ0n) is 9.97. The fourth-order valence-electron chi connectivity index (χ4n) is 1.26. The predicted molar refractivity (Wildman–Crippen MR) is 66.5 cm³/mol. The van der Waals surface area contributed by atoms with Crippen molar-refractivity contribution < 1.29 is 4.79 Å². The van der Waals surface area contributed by atoms with Crippen LogP contribution in [0.4, 0.5) is 0 Å². The molecule has 0 heterocycles. The predicted octanol–water partition coefficient (Wildman–Crippen LogP) is 2.17. The molecule has 1 N–H and O–H groups in total. The third-order valence-electron chi connectivity index (χ3n) is 2.25. The van der Waals surface area contributed by atoms with Crippen molar-refractivity contribution in [2.24, 2.45) is 5.10 Å². The molecule has 0 aliphatic rings. The minimum absolute atomic E-state index is 0.177. The molecule has 0 fully saturated rings. The van der Waals surface area contributed by atoms with Gasteiger partial charge >= 0.3 is 0 Å². The van der Waals surface area contributed by atoms with E-state index in [-0.39, 0.29) is 6.42 Å². The minimum Gasteiger partial charge on any atom is -0.272 e. The molecule has 0 radical (unpaired) electrons. The van der Waals surface area contributed by atoms with Crippen molar-refractivity contribution >= 4 is 12.1 Å². The first-order valence-electron chi connectivity index (χ1n) is 5.42. The zero-order chi connectivity index (χ0) is 12.7. The largest absolute Gasteiger partial charge is 0.272 e. The Morgan fingerprint density at radius 2 is 2.12 bits per heavy atom. The van der Waals surface area contributed by atoms with E-state index < -0.39 is 5.91 Å². The van der Waals surface area contributed by atoms with Crippen molar-refractivity contribution in [2.45, 2.75) is 26.2 Å². The van der Waals surface area contributed by atoms with Gasteiger partial charge in [-0.2, -0.15) is 10.4 Å². The summed E-state index contributed by atoms with van der Waals surface area (Å²) in [6.07, 6.45) is 1.38. The number of carbonyl (C=O) groups excluding carboxylic acids is 1. The van der Waals surface area contributed by atoms with E-state index in [0.29, 0.717) is 5.92 Å². The maximum absolute atomic E-state index is 10.9. The van der Waals surface area contributed by atoms with Crippen molar-refractivity contribution in [3.8, 4) is 6.07 Å².